The maximum Gasteiger partial charge on any atom is 0.217 e. The number of hydrogen-bond acceptors (Lipinski definition) is 1. The molecule has 0 spiro atoms. The van der Waals surface area contributed by atoms with Gasteiger partial charge in [0.15, 0.2) is 0 Å². The molecular weight excluding hydrogens is 174 g/mol. The fourth-order valence-corrected chi connectivity index (χ4v) is 3.12. The monoisotopic (exact) mass is 193 g/mol. The molecule has 0 aromatic rings. The third-order valence-corrected chi connectivity index (χ3v) is 4.26. The van der Waals surface area contributed by atoms with E-state index in [4.69, 9.17) is 0 Å². The molecule has 0 aliphatic heterocycles. The van der Waals surface area contributed by atoms with Crippen LogP contribution in [-0.4, -0.2) is 11.9 Å². The van der Waals surface area contributed by atoms with Crippen molar-refractivity contribution in [3.63, 3.8) is 0 Å². The first kappa shape index (κ1) is 9.75. The molecule has 3 rings (SSSR count). The lowest BCUT2D eigenvalue weighted by Crippen LogP contribution is -2.57. The molecular formula is C12H19NO. The van der Waals surface area contributed by atoms with E-state index < -0.39 is 0 Å². The van der Waals surface area contributed by atoms with E-state index in [0.717, 1.165) is 12.3 Å². The Kier molecular flexibility index (Phi) is 1.98. The molecule has 3 aliphatic carbocycles. The number of amides is 1. The Hall–Kier alpha value is -0.790. The summed E-state index contributed by atoms with van der Waals surface area (Å²) < 4.78 is 0. The number of fused-ring (bicyclic) bond motifs is 2. The molecule has 2 bridgehead atoms. The first-order valence-corrected chi connectivity index (χ1v) is 5.38. The van der Waals surface area contributed by atoms with E-state index in [-0.39, 0.29) is 11.9 Å². The molecule has 0 heterocycles. The van der Waals surface area contributed by atoms with Crippen molar-refractivity contribution in [3.8, 4) is 0 Å². The lowest BCUT2D eigenvalue weighted by atomic mass is 9.46. The summed E-state index contributed by atoms with van der Waals surface area (Å²) in [6, 6.07) is 0.240. The third kappa shape index (κ3) is 1.20. The van der Waals surface area contributed by atoms with Gasteiger partial charge in [-0.25, -0.2) is 0 Å². The van der Waals surface area contributed by atoms with Crippen molar-refractivity contribution < 1.29 is 4.79 Å². The van der Waals surface area contributed by atoms with Gasteiger partial charge in [0, 0.05) is 6.92 Å². The average molecular weight is 193 g/mol. The maximum absolute atomic E-state index is 11.0. The van der Waals surface area contributed by atoms with Crippen LogP contribution in [0.1, 0.15) is 33.6 Å². The summed E-state index contributed by atoms with van der Waals surface area (Å²) in [5, 5.41) is 2.99. The van der Waals surface area contributed by atoms with Crippen LogP contribution in [0.4, 0.5) is 0 Å². The number of nitrogens with one attached hydrogen (secondary N) is 1. The van der Waals surface area contributed by atoms with Crippen LogP contribution in [0.3, 0.4) is 0 Å². The van der Waals surface area contributed by atoms with Crippen LogP contribution >= 0.6 is 0 Å². The summed E-state index contributed by atoms with van der Waals surface area (Å²) in [5.74, 6) is 1.46. The molecule has 0 aromatic heterocycles. The number of rotatable bonds is 1. The summed E-state index contributed by atoms with van der Waals surface area (Å²) in [5.41, 5.74) is 1.67. The minimum Gasteiger partial charge on any atom is -0.350 e. The SMILES string of the molecule is C=C1[C@@H](NC(C)=O)C[C@H]2C[C@@H]1C2(C)C. The number of carbonyl (C=O) groups is 1. The molecule has 2 nitrogen and oxygen atoms in total. The van der Waals surface area contributed by atoms with E-state index in [2.05, 4.69) is 25.7 Å². The standard InChI is InChI=1S/C12H19NO/c1-7-10-5-9(12(10,3)4)6-11(7)13-8(2)14/h9-11H,1,5-6H2,2-4H3,(H,13,14)/t9-,10+,11+/m1/s1. The minimum absolute atomic E-state index is 0.0651. The van der Waals surface area contributed by atoms with Gasteiger partial charge >= 0.3 is 0 Å². The second kappa shape index (κ2) is 2.85. The summed E-state index contributed by atoms with van der Waals surface area (Å²) in [4.78, 5) is 11.0. The van der Waals surface area contributed by atoms with Crippen molar-refractivity contribution in [1.29, 1.82) is 0 Å². The lowest BCUT2D eigenvalue weighted by Gasteiger charge is -2.60. The molecule has 3 saturated carbocycles. The Morgan fingerprint density at radius 3 is 2.57 bits per heavy atom. The van der Waals surface area contributed by atoms with Crippen molar-refractivity contribution in [3.05, 3.63) is 12.2 Å². The van der Waals surface area contributed by atoms with Crippen molar-refractivity contribution in [2.75, 3.05) is 0 Å². The van der Waals surface area contributed by atoms with Crippen LogP contribution in [0, 0.1) is 17.3 Å². The molecule has 1 amide bonds. The molecule has 1 N–H and O–H groups in total. The molecule has 0 unspecified atom stereocenters. The molecule has 78 valence electrons. The van der Waals surface area contributed by atoms with Gasteiger partial charge in [-0.3, -0.25) is 4.79 Å². The second-order valence-electron chi connectivity index (χ2n) is 5.37. The van der Waals surface area contributed by atoms with Gasteiger partial charge < -0.3 is 5.32 Å². The quantitative estimate of drug-likeness (QED) is 0.635. The average Bonchev–Trinajstić information content (AvgIpc) is 2.06. The Morgan fingerprint density at radius 1 is 1.50 bits per heavy atom. The number of hydrogen-bond donors (Lipinski definition) is 1. The summed E-state index contributed by atoms with van der Waals surface area (Å²) in [7, 11) is 0. The molecule has 0 radical (unpaired) electrons. The van der Waals surface area contributed by atoms with Gasteiger partial charge in [0.1, 0.15) is 0 Å². The lowest BCUT2D eigenvalue weighted by molar-refractivity contribution is -0.121. The normalized spacial score (nSPS) is 38.8. The molecule has 3 atom stereocenters. The smallest absolute Gasteiger partial charge is 0.217 e. The van der Waals surface area contributed by atoms with Crippen molar-refractivity contribution in [2.45, 2.75) is 39.7 Å². The number of carbonyl (C=O) groups excluding carboxylic acids is 1. The summed E-state index contributed by atoms with van der Waals surface area (Å²) >= 11 is 0. The molecule has 0 saturated heterocycles. The highest BCUT2D eigenvalue weighted by Crippen LogP contribution is 2.60. The first-order chi connectivity index (χ1) is 6.43. The highest BCUT2D eigenvalue weighted by Gasteiger charge is 2.54. The van der Waals surface area contributed by atoms with Gasteiger partial charge in [-0.1, -0.05) is 26.0 Å². The molecule has 3 aliphatic rings. The molecule has 3 fully saturated rings. The zero-order valence-electron chi connectivity index (χ0n) is 9.26. The largest absolute Gasteiger partial charge is 0.350 e. The Bertz CT molecular complexity index is 293. The van der Waals surface area contributed by atoms with Crippen molar-refractivity contribution in [2.24, 2.45) is 17.3 Å². The van der Waals surface area contributed by atoms with Crippen LogP contribution in [0.15, 0.2) is 12.2 Å². The van der Waals surface area contributed by atoms with Crippen molar-refractivity contribution in [1.82, 2.24) is 5.32 Å². The van der Waals surface area contributed by atoms with E-state index in [1.807, 2.05) is 0 Å². The summed E-state index contributed by atoms with van der Waals surface area (Å²) in [6.07, 6.45) is 2.36. The van der Waals surface area contributed by atoms with E-state index in [9.17, 15) is 4.79 Å². The van der Waals surface area contributed by atoms with Gasteiger partial charge in [0.2, 0.25) is 5.91 Å². The molecule has 2 heteroatoms. The molecule has 14 heavy (non-hydrogen) atoms. The Morgan fingerprint density at radius 2 is 2.14 bits per heavy atom. The summed E-state index contributed by atoms with van der Waals surface area (Å²) in [6.45, 7) is 10.4. The van der Waals surface area contributed by atoms with Gasteiger partial charge in [-0.2, -0.15) is 0 Å². The zero-order valence-corrected chi connectivity index (χ0v) is 9.26. The fraction of sp³-hybridized carbons (Fsp3) is 0.750. The van der Waals surface area contributed by atoms with E-state index >= 15 is 0 Å². The highest BCUT2D eigenvalue weighted by molar-refractivity contribution is 5.73. The minimum atomic E-state index is 0.0651. The highest BCUT2D eigenvalue weighted by atomic mass is 16.1. The maximum atomic E-state index is 11.0. The van der Waals surface area contributed by atoms with Gasteiger partial charge in [-0.15, -0.1) is 0 Å². The van der Waals surface area contributed by atoms with Crippen LogP contribution in [-0.2, 0) is 4.79 Å². The third-order valence-electron chi connectivity index (χ3n) is 4.26. The topological polar surface area (TPSA) is 29.1 Å². The Labute approximate surface area is 85.8 Å². The van der Waals surface area contributed by atoms with Gasteiger partial charge in [0.05, 0.1) is 6.04 Å². The second-order valence-corrected chi connectivity index (χ2v) is 5.37. The van der Waals surface area contributed by atoms with Crippen molar-refractivity contribution >= 4 is 5.91 Å². The van der Waals surface area contributed by atoms with Crippen LogP contribution in [0.2, 0.25) is 0 Å². The van der Waals surface area contributed by atoms with E-state index in [1.54, 1.807) is 6.92 Å². The first-order valence-electron chi connectivity index (χ1n) is 5.38. The van der Waals surface area contributed by atoms with Crippen LogP contribution < -0.4 is 5.32 Å². The Balaban J connectivity index is 2.08. The van der Waals surface area contributed by atoms with E-state index in [1.165, 1.54) is 12.0 Å². The van der Waals surface area contributed by atoms with Gasteiger partial charge in [0.25, 0.3) is 0 Å². The predicted molar refractivity (Wildman–Crippen MR) is 56.7 cm³/mol. The predicted octanol–water partition coefficient (Wildman–Crippen LogP) is 2.11. The van der Waals surface area contributed by atoms with Gasteiger partial charge in [-0.05, 0) is 30.1 Å². The van der Waals surface area contributed by atoms with Crippen LogP contribution in [0.25, 0.3) is 0 Å². The molecule has 0 aromatic carbocycles. The van der Waals surface area contributed by atoms with Crippen LogP contribution in [0.5, 0.6) is 0 Å². The fourth-order valence-electron chi connectivity index (χ4n) is 3.12. The zero-order chi connectivity index (χ0) is 10.5. The van der Waals surface area contributed by atoms with E-state index in [0.29, 0.717) is 11.3 Å².